The number of amides is 2. The number of hydrogen-bond acceptors (Lipinski definition) is 7. The standard InChI is InChI=1S/C45H42ClN5O5/c1-29-11-13-32(14-12-29)51(33-15-16-41(52)38(46)22-33)45(54)37-27-50(39-10-6-5-9-35(37)39)40-24-43-42(55-28-56-43)23-36(40)44(53)49-25-31-8-4-3-7-30(31)21-34(49)26-48-19-17-47(2)18-20-48/h3-16,22-24,27,34,52H,17-21,25-26,28H2,1-2H3/t34-/m0/s1. The molecule has 1 atom stereocenters. The molecule has 0 unspecified atom stereocenters. The number of halogens is 1. The molecule has 10 nitrogen and oxygen atoms in total. The van der Waals surface area contributed by atoms with Crippen LogP contribution >= 0.6 is 11.6 Å². The molecule has 3 aliphatic heterocycles. The normalized spacial score (nSPS) is 16.9. The Bertz CT molecular complexity index is 2470. The summed E-state index contributed by atoms with van der Waals surface area (Å²) in [6.45, 7) is 7.18. The van der Waals surface area contributed by atoms with Gasteiger partial charge in [0.25, 0.3) is 11.8 Å². The molecule has 1 N–H and O–H groups in total. The third-order valence-electron chi connectivity index (χ3n) is 11.3. The number of aromatic nitrogens is 1. The van der Waals surface area contributed by atoms with E-state index in [1.165, 1.54) is 11.6 Å². The largest absolute Gasteiger partial charge is 0.506 e. The van der Waals surface area contributed by atoms with Gasteiger partial charge in [0.2, 0.25) is 6.79 Å². The predicted octanol–water partition coefficient (Wildman–Crippen LogP) is 7.82. The van der Waals surface area contributed by atoms with E-state index in [1.807, 2.05) is 77.1 Å². The molecule has 11 heteroatoms. The summed E-state index contributed by atoms with van der Waals surface area (Å²) in [5.41, 5.74) is 6.79. The van der Waals surface area contributed by atoms with Gasteiger partial charge in [-0.2, -0.15) is 0 Å². The van der Waals surface area contributed by atoms with Crippen molar-refractivity contribution in [2.45, 2.75) is 25.9 Å². The molecule has 56 heavy (non-hydrogen) atoms. The number of rotatable bonds is 7. The predicted molar refractivity (Wildman–Crippen MR) is 218 cm³/mol. The lowest BCUT2D eigenvalue weighted by Gasteiger charge is -2.41. The number of fused-ring (bicyclic) bond motifs is 3. The molecule has 9 rings (SSSR count). The number of piperazine rings is 1. The van der Waals surface area contributed by atoms with Gasteiger partial charge in [0.05, 0.1) is 33.0 Å². The van der Waals surface area contributed by atoms with E-state index in [9.17, 15) is 9.90 Å². The Morgan fingerprint density at radius 1 is 0.821 bits per heavy atom. The number of anilines is 2. The molecule has 5 aromatic carbocycles. The van der Waals surface area contributed by atoms with Crippen molar-refractivity contribution < 1.29 is 24.2 Å². The highest BCUT2D eigenvalue weighted by Crippen LogP contribution is 2.41. The van der Waals surface area contributed by atoms with Crippen LogP contribution in [0.4, 0.5) is 11.4 Å². The number of benzene rings is 5. The summed E-state index contributed by atoms with van der Waals surface area (Å²) in [5.74, 6) is 0.538. The van der Waals surface area contributed by atoms with E-state index in [1.54, 1.807) is 29.3 Å². The number of aryl methyl sites for hydroxylation is 1. The Labute approximate surface area is 330 Å². The summed E-state index contributed by atoms with van der Waals surface area (Å²) in [6, 6.07) is 32.1. The Kier molecular flexibility index (Phi) is 9.41. The summed E-state index contributed by atoms with van der Waals surface area (Å²) < 4.78 is 13.7. The number of ether oxygens (including phenoxy) is 2. The van der Waals surface area contributed by atoms with Gasteiger partial charge in [0.15, 0.2) is 11.5 Å². The third-order valence-corrected chi connectivity index (χ3v) is 11.6. The van der Waals surface area contributed by atoms with Crippen molar-refractivity contribution in [2.24, 2.45) is 0 Å². The molecule has 1 fully saturated rings. The topological polar surface area (TPSA) is 90.7 Å². The quantitative estimate of drug-likeness (QED) is 0.177. The van der Waals surface area contributed by atoms with E-state index in [2.05, 4.69) is 35.0 Å². The first-order chi connectivity index (χ1) is 27.2. The second kappa shape index (κ2) is 14.7. The Hall–Kier alpha value is -5.81. The van der Waals surface area contributed by atoms with E-state index in [4.69, 9.17) is 21.1 Å². The van der Waals surface area contributed by atoms with Crippen LogP contribution in [0.15, 0.2) is 109 Å². The van der Waals surface area contributed by atoms with Crippen molar-refractivity contribution in [2.75, 3.05) is 51.5 Å². The van der Waals surface area contributed by atoms with Gasteiger partial charge in [-0.1, -0.05) is 71.8 Å². The summed E-state index contributed by atoms with van der Waals surface area (Å²) >= 11 is 6.40. The highest BCUT2D eigenvalue weighted by Gasteiger charge is 2.35. The minimum Gasteiger partial charge on any atom is -0.506 e. The van der Waals surface area contributed by atoms with Gasteiger partial charge in [0, 0.05) is 68.6 Å². The second-order valence-corrected chi connectivity index (χ2v) is 15.3. The van der Waals surface area contributed by atoms with Gasteiger partial charge in [-0.15, -0.1) is 0 Å². The van der Waals surface area contributed by atoms with Crippen LogP contribution in [-0.4, -0.2) is 88.8 Å². The number of carbonyl (C=O) groups excluding carboxylic acids is 2. The number of para-hydroxylation sites is 1. The summed E-state index contributed by atoms with van der Waals surface area (Å²) in [5, 5.41) is 11.1. The van der Waals surface area contributed by atoms with Gasteiger partial charge in [-0.3, -0.25) is 19.4 Å². The van der Waals surface area contributed by atoms with Gasteiger partial charge in [0.1, 0.15) is 5.75 Å². The zero-order valence-electron chi connectivity index (χ0n) is 31.3. The molecule has 0 bridgehead atoms. The van der Waals surface area contributed by atoms with Crippen molar-refractivity contribution in [1.82, 2.24) is 19.3 Å². The first-order valence-corrected chi connectivity index (χ1v) is 19.3. The number of phenolic OH excluding ortho intramolecular Hbond substituents is 1. The highest BCUT2D eigenvalue weighted by atomic mass is 35.5. The number of hydrogen-bond donors (Lipinski definition) is 1. The lowest BCUT2D eigenvalue weighted by molar-refractivity contribution is 0.0535. The van der Waals surface area contributed by atoms with Crippen molar-refractivity contribution in [1.29, 1.82) is 0 Å². The molecule has 0 radical (unpaired) electrons. The smallest absolute Gasteiger partial charge is 0.265 e. The molecule has 0 spiro atoms. The van der Waals surface area contributed by atoms with E-state index < -0.39 is 0 Å². The zero-order valence-corrected chi connectivity index (χ0v) is 32.1. The summed E-state index contributed by atoms with van der Waals surface area (Å²) in [6.07, 6.45) is 2.56. The maximum atomic E-state index is 15.2. The van der Waals surface area contributed by atoms with Gasteiger partial charge in [-0.25, -0.2) is 0 Å². The molecule has 284 valence electrons. The molecule has 0 saturated carbocycles. The second-order valence-electron chi connectivity index (χ2n) is 14.9. The van der Waals surface area contributed by atoms with E-state index in [0.29, 0.717) is 51.6 Å². The van der Waals surface area contributed by atoms with Crippen LogP contribution < -0.4 is 14.4 Å². The van der Waals surface area contributed by atoms with Crippen LogP contribution in [0.2, 0.25) is 5.02 Å². The molecule has 1 saturated heterocycles. The van der Waals surface area contributed by atoms with Crippen molar-refractivity contribution in [3.05, 3.63) is 142 Å². The SMILES string of the molecule is Cc1ccc(N(C(=O)c2cn(-c3cc4c(cc3C(=O)N3Cc5ccccc5C[C@H]3CN3CCN(C)CC3)OCO4)c3ccccc23)c2ccc(O)c(Cl)c2)cc1. The molecule has 6 aromatic rings. The first kappa shape index (κ1) is 35.9. The van der Waals surface area contributed by atoms with Crippen molar-refractivity contribution in [3.8, 4) is 22.9 Å². The van der Waals surface area contributed by atoms with Gasteiger partial charge < -0.3 is 28.9 Å². The average molecular weight is 768 g/mol. The number of phenols is 1. The fraction of sp³-hybridized carbons (Fsp3) is 0.244. The van der Waals surface area contributed by atoms with Crippen LogP contribution in [0.5, 0.6) is 17.2 Å². The van der Waals surface area contributed by atoms with Crippen molar-refractivity contribution >= 4 is 45.7 Å². The highest BCUT2D eigenvalue weighted by molar-refractivity contribution is 6.32. The van der Waals surface area contributed by atoms with Gasteiger partial charge >= 0.3 is 0 Å². The fourth-order valence-corrected chi connectivity index (χ4v) is 8.33. The Morgan fingerprint density at radius 2 is 1.52 bits per heavy atom. The molecule has 4 heterocycles. The maximum absolute atomic E-state index is 15.2. The van der Waals surface area contributed by atoms with Crippen molar-refractivity contribution in [3.63, 3.8) is 0 Å². The molecular weight excluding hydrogens is 726 g/mol. The lowest BCUT2D eigenvalue weighted by Crippen LogP contribution is -2.53. The zero-order chi connectivity index (χ0) is 38.5. The lowest BCUT2D eigenvalue weighted by atomic mass is 9.92. The maximum Gasteiger partial charge on any atom is 0.265 e. The van der Waals surface area contributed by atoms with E-state index in [0.717, 1.165) is 55.8 Å². The van der Waals surface area contributed by atoms with Gasteiger partial charge in [-0.05, 0) is 74.0 Å². The number of aromatic hydroxyl groups is 1. The number of likely N-dealkylation sites (N-methyl/N-ethyl adjacent to an activating group) is 1. The number of nitrogens with zero attached hydrogens (tertiary/aromatic N) is 5. The van der Waals surface area contributed by atoms with E-state index in [-0.39, 0.29) is 35.4 Å². The Balaban J connectivity index is 1.16. The first-order valence-electron chi connectivity index (χ1n) is 18.9. The molecule has 2 amide bonds. The Morgan fingerprint density at radius 3 is 2.29 bits per heavy atom. The van der Waals surface area contributed by atoms with E-state index >= 15 is 4.79 Å². The van der Waals surface area contributed by atoms with Crippen LogP contribution in [0, 0.1) is 6.92 Å². The molecule has 3 aliphatic rings. The number of carbonyl (C=O) groups is 2. The van der Waals surface area contributed by atoms with Crippen LogP contribution in [0.3, 0.4) is 0 Å². The molecule has 0 aliphatic carbocycles. The molecular formula is C45H42ClN5O5. The van der Waals surface area contributed by atoms with Crippen LogP contribution in [0.25, 0.3) is 16.6 Å². The van der Waals surface area contributed by atoms with Crippen LogP contribution in [0.1, 0.15) is 37.4 Å². The average Bonchev–Trinajstić information content (AvgIpc) is 3.84. The minimum atomic E-state index is -0.306. The summed E-state index contributed by atoms with van der Waals surface area (Å²) in [7, 11) is 2.15. The molecule has 1 aromatic heterocycles. The summed E-state index contributed by atoms with van der Waals surface area (Å²) in [4.78, 5) is 38.6. The minimum absolute atomic E-state index is 0.0437. The monoisotopic (exact) mass is 767 g/mol. The third kappa shape index (κ3) is 6.63. The van der Waals surface area contributed by atoms with Crippen LogP contribution in [-0.2, 0) is 13.0 Å². The fourth-order valence-electron chi connectivity index (χ4n) is 8.16.